The minimum absolute atomic E-state index is 0.0682. The van der Waals surface area contributed by atoms with Crippen molar-refractivity contribution in [2.24, 2.45) is 5.92 Å². The Balaban J connectivity index is 2.30. The van der Waals surface area contributed by atoms with Crippen LogP contribution in [-0.2, 0) is 4.79 Å². The van der Waals surface area contributed by atoms with Gasteiger partial charge < -0.3 is 10.1 Å². The number of urea groups is 1. The molecule has 8 heteroatoms. The fourth-order valence-electron chi connectivity index (χ4n) is 1.49. The third-order valence-electron chi connectivity index (χ3n) is 2.68. The maximum atomic E-state index is 11.5. The van der Waals surface area contributed by atoms with Crippen molar-refractivity contribution in [1.29, 1.82) is 0 Å². The lowest BCUT2D eigenvalue weighted by atomic mass is 10.1. The van der Waals surface area contributed by atoms with Crippen LogP contribution < -0.4 is 15.4 Å². The molecule has 0 saturated carbocycles. The van der Waals surface area contributed by atoms with Gasteiger partial charge in [-0.3, -0.25) is 20.2 Å². The minimum Gasteiger partial charge on any atom is -0.484 e. The number of non-ortho nitro benzene ring substituents is 1. The predicted octanol–water partition coefficient (Wildman–Crippen LogP) is 1.85. The predicted molar refractivity (Wildman–Crippen MR) is 79.6 cm³/mol. The first-order chi connectivity index (χ1) is 10.4. The van der Waals surface area contributed by atoms with Crippen molar-refractivity contribution in [1.82, 2.24) is 10.6 Å². The number of nitrogens with zero attached hydrogens (tertiary/aromatic N) is 1. The van der Waals surface area contributed by atoms with Crippen molar-refractivity contribution in [2.75, 3.05) is 13.2 Å². The van der Waals surface area contributed by atoms with E-state index in [2.05, 4.69) is 10.6 Å². The first-order valence-electron chi connectivity index (χ1n) is 6.83. The number of rotatable bonds is 7. The molecule has 0 saturated heterocycles. The SMILES string of the molecule is CC(C)CCNC(=O)NC(=O)COc1ccc([N+](=O)[O-])cc1. The molecule has 8 nitrogen and oxygen atoms in total. The Morgan fingerprint density at radius 3 is 2.45 bits per heavy atom. The molecule has 22 heavy (non-hydrogen) atoms. The van der Waals surface area contributed by atoms with Crippen molar-refractivity contribution < 1.29 is 19.2 Å². The maximum absolute atomic E-state index is 11.5. The maximum Gasteiger partial charge on any atom is 0.321 e. The van der Waals surface area contributed by atoms with Crippen LogP contribution in [0.15, 0.2) is 24.3 Å². The number of carbonyl (C=O) groups is 2. The summed E-state index contributed by atoms with van der Waals surface area (Å²) in [4.78, 5) is 32.8. The first kappa shape index (κ1) is 17.4. The highest BCUT2D eigenvalue weighted by Gasteiger charge is 2.09. The number of hydrogen-bond donors (Lipinski definition) is 2. The van der Waals surface area contributed by atoms with E-state index >= 15 is 0 Å². The van der Waals surface area contributed by atoms with Crippen LogP contribution in [0.2, 0.25) is 0 Å². The highest BCUT2D eigenvalue weighted by molar-refractivity contribution is 5.94. The van der Waals surface area contributed by atoms with E-state index in [0.29, 0.717) is 18.2 Å². The molecule has 0 heterocycles. The normalized spacial score (nSPS) is 10.1. The molecule has 120 valence electrons. The van der Waals surface area contributed by atoms with E-state index in [1.54, 1.807) is 0 Å². The summed E-state index contributed by atoms with van der Waals surface area (Å²) in [7, 11) is 0. The number of nitrogens with one attached hydrogen (secondary N) is 2. The molecule has 0 fully saturated rings. The molecule has 0 spiro atoms. The zero-order valence-corrected chi connectivity index (χ0v) is 12.5. The van der Waals surface area contributed by atoms with Crippen molar-refractivity contribution in [3.63, 3.8) is 0 Å². The number of ether oxygens (including phenoxy) is 1. The molecule has 2 N–H and O–H groups in total. The number of amides is 3. The van der Waals surface area contributed by atoms with Crippen LogP contribution >= 0.6 is 0 Å². The third-order valence-corrected chi connectivity index (χ3v) is 2.68. The Morgan fingerprint density at radius 2 is 1.91 bits per heavy atom. The highest BCUT2D eigenvalue weighted by atomic mass is 16.6. The molecule has 0 aliphatic heterocycles. The zero-order chi connectivity index (χ0) is 16.5. The van der Waals surface area contributed by atoms with Gasteiger partial charge in [-0.15, -0.1) is 0 Å². The minimum atomic E-state index is -0.597. The van der Waals surface area contributed by atoms with Crippen LogP contribution in [0.25, 0.3) is 0 Å². The molecule has 0 aliphatic carbocycles. The van der Waals surface area contributed by atoms with Gasteiger partial charge in [-0.1, -0.05) is 13.8 Å². The van der Waals surface area contributed by atoms with Crippen LogP contribution in [0.3, 0.4) is 0 Å². The highest BCUT2D eigenvalue weighted by Crippen LogP contribution is 2.16. The molecule has 0 atom stereocenters. The van der Waals surface area contributed by atoms with Gasteiger partial charge in [-0.25, -0.2) is 4.79 Å². The fourth-order valence-corrected chi connectivity index (χ4v) is 1.49. The van der Waals surface area contributed by atoms with E-state index in [4.69, 9.17) is 4.74 Å². The van der Waals surface area contributed by atoms with Crippen molar-refractivity contribution >= 4 is 17.6 Å². The smallest absolute Gasteiger partial charge is 0.321 e. The van der Waals surface area contributed by atoms with Gasteiger partial charge in [-0.2, -0.15) is 0 Å². The molecular weight excluding hydrogens is 290 g/mol. The third kappa shape index (κ3) is 6.69. The second kappa shape index (κ2) is 8.60. The number of imide groups is 1. The van der Waals surface area contributed by atoms with Crippen LogP contribution in [0, 0.1) is 16.0 Å². The van der Waals surface area contributed by atoms with Gasteiger partial charge in [0.05, 0.1) is 4.92 Å². The number of benzene rings is 1. The summed E-state index contributed by atoms with van der Waals surface area (Å²) in [6.07, 6.45) is 0.820. The number of nitro benzene ring substituents is 1. The zero-order valence-electron chi connectivity index (χ0n) is 12.5. The molecule has 1 aromatic rings. The molecule has 1 aromatic carbocycles. The molecular formula is C14H19N3O5. The quantitative estimate of drug-likeness (QED) is 0.590. The Morgan fingerprint density at radius 1 is 1.27 bits per heavy atom. The monoisotopic (exact) mass is 309 g/mol. The van der Waals surface area contributed by atoms with Gasteiger partial charge >= 0.3 is 6.03 Å². The van der Waals surface area contributed by atoms with E-state index in [9.17, 15) is 19.7 Å². The van der Waals surface area contributed by atoms with Crippen LogP contribution in [0.4, 0.5) is 10.5 Å². The van der Waals surface area contributed by atoms with Crippen molar-refractivity contribution in [3.05, 3.63) is 34.4 Å². The molecule has 1 rings (SSSR count). The summed E-state index contributed by atoms with van der Waals surface area (Å²) in [6.45, 7) is 4.20. The van der Waals surface area contributed by atoms with E-state index in [1.165, 1.54) is 24.3 Å². The second-order valence-electron chi connectivity index (χ2n) is 5.03. The summed E-state index contributed by atoms with van der Waals surface area (Å²) >= 11 is 0. The molecule has 0 radical (unpaired) electrons. The number of carbonyl (C=O) groups excluding carboxylic acids is 2. The summed E-state index contributed by atoms with van der Waals surface area (Å²) < 4.78 is 5.13. The van der Waals surface area contributed by atoms with Gasteiger partial charge in [0.25, 0.3) is 11.6 Å². The number of nitro groups is 1. The Hall–Kier alpha value is -2.64. The average molecular weight is 309 g/mol. The lowest BCUT2D eigenvalue weighted by molar-refractivity contribution is -0.384. The van der Waals surface area contributed by atoms with Crippen LogP contribution in [0.5, 0.6) is 5.75 Å². The van der Waals surface area contributed by atoms with Gasteiger partial charge in [-0.05, 0) is 24.5 Å². The van der Waals surface area contributed by atoms with E-state index in [1.807, 2.05) is 13.8 Å². The standard InChI is InChI=1S/C14H19N3O5/c1-10(2)7-8-15-14(19)16-13(18)9-22-12-5-3-11(4-6-12)17(20)21/h3-6,10H,7-9H2,1-2H3,(H2,15,16,18,19). The molecule has 3 amide bonds. The first-order valence-corrected chi connectivity index (χ1v) is 6.83. The van der Waals surface area contributed by atoms with E-state index < -0.39 is 16.9 Å². The van der Waals surface area contributed by atoms with Gasteiger partial charge in [0.1, 0.15) is 5.75 Å². The largest absolute Gasteiger partial charge is 0.484 e. The van der Waals surface area contributed by atoms with Gasteiger partial charge in [0.15, 0.2) is 6.61 Å². The average Bonchev–Trinajstić information content (AvgIpc) is 2.45. The van der Waals surface area contributed by atoms with Crippen molar-refractivity contribution in [3.8, 4) is 5.75 Å². The van der Waals surface area contributed by atoms with Gasteiger partial charge in [0, 0.05) is 18.7 Å². The Labute approximate surface area is 128 Å². The Kier molecular flexibility index (Phi) is 6.81. The second-order valence-corrected chi connectivity index (χ2v) is 5.03. The topological polar surface area (TPSA) is 111 Å². The van der Waals surface area contributed by atoms with E-state index in [-0.39, 0.29) is 12.3 Å². The molecule has 0 aliphatic rings. The fraction of sp³-hybridized carbons (Fsp3) is 0.429. The lowest BCUT2D eigenvalue weighted by Crippen LogP contribution is -2.42. The number of hydrogen-bond acceptors (Lipinski definition) is 5. The summed E-state index contributed by atoms with van der Waals surface area (Å²) in [5, 5.41) is 15.2. The summed E-state index contributed by atoms with van der Waals surface area (Å²) in [6, 6.07) is 4.73. The van der Waals surface area contributed by atoms with Gasteiger partial charge in [0.2, 0.25) is 0 Å². The van der Waals surface area contributed by atoms with Crippen LogP contribution in [-0.4, -0.2) is 30.0 Å². The molecule has 0 bridgehead atoms. The molecule has 0 unspecified atom stereocenters. The Bertz CT molecular complexity index is 528. The lowest BCUT2D eigenvalue weighted by Gasteiger charge is -2.09. The summed E-state index contributed by atoms with van der Waals surface area (Å²) in [5.41, 5.74) is -0.0682. The summed E-state index contributed by atoms with van der Waals surface area (Å²) in [5.74, 6) is 0.169. The van der Waals surface area contributed by atoms with Crippen LogP contribution in [0.1, 0.15) is 20.3 Å². The van der Waals surface area contributed by atoms with E-state index in [0.717, 1.165) is 6.42 Å². The van der Waals surface area contributed by atoms with Crippen molar-refractivity contribution in [2.45, 2.75) is 20.3 Å². The molecule has 0 aromatic heterocycles.